The Hall–Kier alpha value is -3.95. The molecule has 1 aliphatic heterocycles. The number of nitrogens with zero attached hydrogens (tertiary/aromatic N) is 2. The van der Waals surface area contributed by atoms with E-state index in [1.807, 2.05) is 6.92 Å². The van der Waals surface area contributed by atoms with E-state index >= 15 is 0 Å². The van der Waals surface area contributed by atoms with E-state index in [2.05, 4.69) is 10.3 Å². The highest BCUT2D eigenvalue weighted by molar-refractivity contribution is 5.96. The fourth-order valence-corrected chi connectivity index (χ4v) is 4.98. The number of carbonyl (C=O) groups excluding carboxylic acids is 1. The number of hydrogen-bond acceptors (Lipinski definition) is 4. The fourth-order valence-electron chi connectivity index (χ4n) is 4.98. The normalized spacial score (nSPS) is 18.2. The zero-order valence-electron chi connectivity index (χ0n) is 21.5. The molecule has 2 N–H and O–H groups in total. The lowest BCUT2D eigenvalue weighted by Crippen LogP contribution is -2.30. The molecule has 2 heterocycles. The smallest absolute Gasteiger partial charge is 0.433 e. The lowest BCUT2D eigenvalue weighted by molar-refractivity contribution is -0.140. The average Bonchev–Trinajstić information content (AvgIpc) is 3.68. The van der Waals surface area contributed by atoms with E-state index in [1.165, 1.54) is 24.3 Å². The van der Waals surface area contributed by atoms with Crippen molar-refractivity contribution in [2.75, 3.05) is 6.54 Å². The van der Waals surface area contributed by atoms with Gasteiger partial charge in [0.15, 0.2) is 5.69 Å². The fraction of sp³-hybridized carbons (Fsp3) is 0.345. The third kappa shape index (κ3) is 5.89. The van der Waals surface area contributed by atoms with Crippen molar-refractivity contribution >= 4 is 11.9 Å². The van der Waals surface area contributed by atoms with Crippen LogP contribution in [-0.4, -0.2) is 34.5 Å². The van der Waals surface area contributed by atoms with Gasteiger partial charge in [-0.1, -0.05) is 18.2 Å². The molecule has 1 amide bonds. The molecule has 0 spiro atoms. The van der Waals surface area contributed by atoms with Crippen molar-refractivity contribution in [3.05, 3.63) is 88.5 Å². The van der Waals surface area contributed by atoms with Crippen molar-refractivity contribution in [2.24, 2.45) is 5.92 Å². The maximum Gasteiger partial charge on any atom is 0.433 e. The molecule has 204 valence electrons. The van der Waals surface area contributed by atoms with Gasteiger partial charge in [-0.05, 0) is 85.2 Å². The van der Waals surface area contributed by atoms with Gasteiger partial charge in [-0.25, -0.2) is 4.39 Å². The molecule has 0 bridgehead atoms. The summed E-state index contributed by atoms with van der Waals surface area (Å²) in [4.78, 5) is 18.8. The summed E-state index contributed by atoms with van der Waals surface area (Å²) in [6.07, 6.45) is -1.98. The van der Waals surface area contributed by atoms with Gasteiger partial charge >= 0.3 is 6.18 Å². The van der Waals surface area contributed by atoms with Crippen molar-refractivity contribution < 1.29 is 27.1 Å². The van der Waals surface area contributed by atoms with Crippen LogP contribution in [0.4, 0.5) is 17.6 Å². The van der Waals surface area contributed by atoms with Gasteiger partial charge in [-0.3, -0.25) is 15.2 Å². The zero-order valence-corrected chi connectivity index (χ0v) is 21.5. The van der Waals surface area contributed by atoms with Gasteiger partial charge in [-0.15, -0.1) is 0 Å². The number of hydrogen-bond donors (Lipinski definition) is 2. The Balaban J connectivity index is 1.52. The molecule has 39 heavy (non-hydrogen) atoms. The summed E-state index contributed by atoms with van der Waals surface area (Å²) in [5, 5.41) is 11.1. The second-order valence-electron chi connectivity index (χ2n) is 10.2. The zero-order chi connectivity index (χ0) is 27.9. The van der Waals surface area contributed by atoms with Crippen molar-refractivity contribution in [3.8, 4) is 11.1 Å². The number of pyridine rings is 1. The topological polar surface area (TPSA) is 78.3 Å². The predicted molar refractivity (Wildman–Crippen MR) is 137 cm³/mol. The Labute approximate surface area is 223 Å². The molecule has 2 aliphatic rings. The lowest BCUT2D eigenvalue weighted by atomic mass is 9.96. The minimum absolute atomic E-state index is 0.0308. The SMILES string of the molecule is Cc1cc([C@@H](NC(=O)c2cc(CN3CC(C)OC3=N)cc(-c3cccnc3C(F)(F)F)c2)C2CC2)ccc1F. The molecular formula is C29H28F4N4O2. The summed E-state index contributed by atoms with van der Waals surface area (Å²) in [6, 6.07) is 11.7. The number of alkyl halides is 3. The monoisotopic (exact) mass is 540 g/mol. The summed E-state index contributed by atoms with van der Waals surface area (Å²) in [5.41, 5.74) is 0.994. The van der Waals surface area contributed by atoms with E-state index < -0.39 is 17.8 Å². The standard InChI is InChI=1S/C29H28F4N4O2/c1-16-10-20(7-8-24(16)30)25(19-5-6-19)36-27(38)22-12-18(15-37-14-17(2)39-28(37)34)11-21(13-22)23-4-3-9-35-26(23)29(31,32)33/h3-4,7-13,17,19,25,34H,5-6,14-15H2,1-2H3,(H,36,38)/t17?,25-/m0/s1. The number of amides is 1. The van der Waals surface area contributed by atoms with Crippen molar-refractivity contribution in [1.82, 2.24) is 15.2 Å². The molecule has 0 radical (unpaired) electrons. The number of aromatic nitrogens is 1. The van der Waals surface area contributed by atoms with Crippen LogP contribution in [0.15, 0.2) is 54.7 Å². The van der Waals surface area contributed by atoms with Crippen LogP contribution < -0.4 is 5.32 Å². The van der Waals surface area contributed by atoms with Crippen molar-refractivity contribution in [3.63, 3.8) is 0 Å². The molecule has 1 saturated carbocycles. The van der Waals surface area contributed by atoms with E-state index in [9.17, 15) is 22.4 Å². The number of nitrogens with one attached hydrogen (secondary N) is 2. The van der Waals surface area contributed by atoms with Crippen LogP contribution in [0.3, 0.4) is 0 Å². The van der Waals surface area contributed by atoms with Gasteiger partial charge in [0, 0.05) is 23.9 Å². The molecule has 1 aliphatic carbocycles. The van der Waals surface area contributed by atoms with E-state index in [-0.39, 0.29) is 53.1 Å². The third-order valence-corrected chi connectivity index (χ3v) is 7.01. The third-order valence-electron chi connectivity index (χ3n) is 7.01. The largest absolute Gasteiger partial charge is 0.460 e. The summed E-state index contributed by atoms with van der Waals surface area (Å²) in [5.74, 6) is -0.587. The second kappa shape index (κ2) is 10.3. The van der Waals surface area contributed by atoms with Crippen molar-refractivity contribution in [1.29, 1.82) is 5.41 Å². The van der Waals surface area contributed by atoms with Crippen LogP contribution in [0.1, 0.15) is 58.5 Å². The van der Waals surface area contributed by atoms with E-state index in [0.717, 1.165) is 24.6 Å². The highest BCUT2D eigenvalue weighted by Crippen LogP contribution is 2.42. The lowest BCUT2D eigenvalue weighted by Gasteiger charge is -2.21. The Kier molecular flexibility index (Phi) is 7.05. The molecule has 2 fully saturated rings. The number of carbonyl (C=O) groups is 1. The van der Waals surface area contributed by atoms with Crippen LogP contribution in [0, 0.1) is 24.1 Å². The molecule has 1 aromatic heterocycles. The quantitative estimate of drug-likeness (QED) is 0.347. The molecule has 3 aromatic rings. The summed E-state index contributed by atoms with van der Waals surface area (Å²) < 4.78 is 60.7. The Morgan fingerprint density at radius 1 is 1.21 bits per heavy atom. The summed E-state index contributed by atoms with van der Waals surface area (Å²) >= 11 is 0. The highest BCUT2D eigenvalue weighted by atomic mass is 19.4. The molecule has 2 aromatic carbocycles. The summed E-state index contributed by atoms with van der Waals surface area (Å²) in [7, 11) is 0. The Bertz CT molecular complexity index is 1420. The van der Waals surface area contributed by atoms with Crippen molar-refractivity contribution in [2.45, 2.75) is 51.6 Å². The number of aryl methyl sites for hydroxylation is 1. The van der Waals surface area contributed by atoms with Gasteiger partial charge in [0.25, 0.3) is 11.9 Å². The number of benzene rings is 2. The maximum absolute atomic E-state index is 13.9. The second-order valence-corrected chi connectivity index (χ2v) is 10.2. The molecule has 6 nitrogen and oxygen atoms in total. The number of halogens is 4. The molecule has 1 unspecified atom stereocenters. The van der Waals surface area contributed by atoms with E-state index in [1.54, 1.807) is 36.1 Å². The van der Waals surface area contributed by atoms with Crippen LogP contribution in [0.25, 0.3) is 11.1 Å². The molecular weight excluding hydrogens is 512 g/mol. The van der Waals surface area contributed by atoms with Gasteiger partial charge in [0.05, 0.1) is 12.6 Å². The minimum Gasteiger partial charge on any atom is -0.460 e. The van der Waals surface area contributed by atoms with Gasteiger partial charge in [0.1, 0.15) is 11.9 Å². The maximum atomic E-state index is 13.9. The van der Waals surface area contributed by atoms with E-state index in [4.69, 9.17) is 10.1 Å². The van der Waals surface area contributed by atoms with Crippen LogP contribution >= 0.6 is 0 Å². The van der Waals surface area contributed by atoms with Crippen LogP contribution in [0.2, 0.25) is 0 Å². The highest BCUT2D eigenvalue weighted by Gasteiger charge is 2.36. The Morgan fingerprint density at radius 3 is 2.62 bits per heavy atom. The average molecular weight is 541 g/mol. The molecule has 10 heteroatoms. The predicted octanol–water partition coefficient (Wildman–Crippen LogP) is 6.25. The summed E-state index contributed by atoms with van der Waals surface area (Å²) in [6.45, 7) is 4.11. The van der Waals surface area contributed by atoms with Gasteiger partial charge in [-0.2, -0.15) is 13.2 Å². The van der Waals surface area contributed by atoms with Gasteiger partial charge < -0.3 is 15.0 Å². The van der Waals surface area contributed by atoms with Crippen LogP contribution in [-0.2, 0) is 17.5 Å². The first kappa shape index (κ1) is 26.6. The molecule has 2 atom stereocenters. The first-order valence-corrected chi connectivity index (χ1v) is 12.7. The van der Waals surface area contributed by atoms with E-state index in [0.29, 0.717) is 17.7 Å². The van der Waals surface area contributed by atoms with Gasteiger partial charge in [0.2, 0.25) is 0 Å². The molecule has 5 rings (SSSR count). The number of ether oxygens (including phenoxy) is 1. The first-order valence-electron chi connectivity index (χ1n) is 12.7. The van der Waals surface area contributed by atoms with Crippen LogP contribution in [0.5, 0.6) is 0 Å². The number of amidine groups is 1. The first-order chi connectivity index (χ1) is 18.5. The molecule has 1 saturated heterocycles. The minimum atomic E-state index is -4.69. The Morgan fingerprint density at radius 2 is 1.97 bits per heavy atom. The number of rotatable bonds is 7.